The molecule has 0 radical (unpaired) electrons. The quantitative estimate of drug-likeness (QED) is 0.273. The lowest BCUT2D eigenvalue weighted by Crippen LogP contribution is -2.31. The lowest BCUT2D eigenvalue weighted by molar-refractivity contribution is 0.161. The molecule has 0 aliphatic heterocycles. The summed E-state index contributed by atoms with van der Waals surface area (Å²) in [6.07, 6.45) is 0.717. The van der Waals surface area contributed by atoms with Gasteiger partial charge < -0.3 is 21.3 Å². The second-order valence-corrected chi connectivity index (χ2v) is 6.40. The lowest BCUT2D eigenvalue weighted by atomic mass is 10.2. The predicted molar refractivity (Wildman–Crippen MR) is 85.9 cm³/mol. The van der Waals surface area contributed by atoms with Crippen LogP contribution in [0.2, 0.25) is 0 Å². The van der Waals surface area contributed by atoms with Crippen molar-refractivity contribution in [2.75, 3.05) is 50.4 Å². The molecule has 0 aromatic heterocycles. The van der Waals surface area contributed by atoms with Gasteiger partial charge in [-0.2, -0.15) is 0 Å². The molecule has 8 nitrogen and oxygen atoms in total. The van der Waals surface area contributed by atoms with Crippen molar-refractivity contribution < 1.29 is 18.6 Å². The number of nitrogens with two attached hydrogens (primary N) is 2. The number of hydrogen-bond donors (Lipinski definition) is 5. The summed E-state index contributed by atoms with van der Waals surface area (Å²) in [6.45, 7) is 2.24. The molecule has 0 spiro atoms. The smallest absolute Gasteiger partial charge is 0.240 e. The van der Waals surface area contributed by atoms with Crippen molar-refractivity contribution in [3.8, 4) is 0 Å². The fraction of sp³-hybridized carbons (Fsp3) is 0.538. The fourth-order valence-electron chi connectivity index (χ4n) is 2.06. The van der Waals surface area contributed by atoms with Gasteiger partial charge in [0.05, 0.1) is 18.9 Å². The summed E-state index contributed by atoms with van der Waals surface area (Å²) < 4.78 is 23.1. The molecule has 0 aliphatic carbocycles. The zero-order chi connectivity index (χ0) is 16.6. The summed E-state index contributed by atoms with van der Waals surface area (Å²) in [6, 6.07) is 4.50. The number of nitrogens with one attached hydrogen (secondary N) is 1. The van der Waals surface area contributed by atoms with Crippen molar-refractivity contribution in [1.82, 2.24) is 4.90 Å². The fourth-order valence-corrected chi connectivity index (χ4v) is 2.81. The van der Waals surface area contributed by atoms with E-state index in [1.54, 1.807) is 12.1 Å². The van der Waals surface area contributed by atoms with Crippen LogP contribution in [0.4, 0.5) is 11.4 Å². The average molecular weight is 332 g/mol. The Morgan fingerprint density at radius 3 is 2.32 bits per heavy atom. The molecule has 0 atom stereocenters. The van der Waals surface area contributed by atoms with E-state index >= 15 is 0 Å². The molecule has 1 rings (SSSR count). The van der Waals surface area contributed by atoms with E-state index in [1.807, 2.05) is 4.90 Å². The number of nitrogen functional groups attached to an aromatic ring is 1. The van der Waals surface area contributed by atoms with Crippen LogP contribution in [-0.4, -0.2) is 62.9 Å². The van der Waals surface area contributed by atoms with Gasteiger partial charge in [-0.25, -0.2) is 13.6 Å². The van der Waals surface area contributed by atoms with Crippen molar-refractivity contribution in [1.29, 1.82) is 0 Å². The van der Waals surface area contributed by atoms with Crippen LogP contribution in [-0.2, 0) is 10.0 Å². The van der Waals surface area contributed by atoms with Crippen molar-refractivity contribution >= 4 is 21.4 Å². The number of aliphatic hydroxyl groups is 2. The van der Waals surface area contributed by atoms with Crippen LogP contribution in [0.1, 0.15) is 6.42 Å². The molecule has 0 unspecified atom stereocenters. The van der Waals surface area contributed by atoms with E-state index in [4.69, 9.17) is 21.1 Å². The molecule has 0 aliphatic rings. The average Bonchev–Trinajstić information content (AvgIpc) is 2.44. The number of rotatable bonds is 10. The van der Waals surface area contributed by atoms with Gasteiger partial charge in [-0.1, -0.05) is 0 Å². The summed E-state index contributed by atoms with van der Waals surface area (Å²) in [5.74, 6) is 0. The summed E-state index contributed by atoms with van der Waals surface area (Å²) in [4.78, 5) is 1.89. The number of primary sulfonamides is 1. The van der Waals surface area contributed by atoms with Crippen molar-refractivity contribution in [2.45, 2.75) is 11.3 Å². The number of anilines is 2. The van der Waals surface area contributed by atoms with Crippen LogP contribution in [0.25, 0.3) is 0 Å². The Morgan fingerprint density at radius 1 is 1.14 bits per heavy atom. The first kappa shape index (κ1) is 18.7. The van der Waals surface area contributed by atoms with E-state index in [0.717, 1.165) is 0 Å². The Bertz CT molecular complexity index is 559. The Labute approximate surface area is 130 Å². The SMILES string of the molecule is Nc1ccc(NCCCN(CCO)CCO)c(S(N)(=O)=O)c1. The normalized spacial score (nSPS) is 11.8. The first-order valence-corrected chi connectivity index (χ1v) is 8.53. The van der Waals surface area contributed by atoms with E-state index in [9.17, 15) is 8.42 Å². The van der Waals surface area contributed by atoms with Gasteiger partial charge in [-0.05, 0) is 31.2 Å². The maximum absolute atomic E-state index is 11.5. The minimum absolute atomic E-state index is 0.0287. The van der Waals surface area contributed by atoms with Gasteiger partial charge in [0.25, 0.3) is 0 Å². The van der Waals surface area contributed by atoms with Crippen molar-refractivity contribution in [3.63, 3.8) is 0 Å². The van der Waals surface area contributed by atoms with Crippen LogP contribution in [0.3, 0.4) is 0 Å². The summed E-state index contributed by atoms with van der Waals surface area (Å²) in [5.41, 5.74) is 6.32. The van der Waals surface area contributed by atoms with Crippen molar-refractivity contribution in [3.05, 3.63) is 18.2 Å². The molecule has 0 bridgehead atoms. The third-order valence-electron chi connectivity index (χ3n) is 3.11. The number of aliphatic hydroxyl groups excluding tert-OH is 2. The number of sulfonamides is 1. The standard InChI is InChI=1S/C13H24N4O4S/c14-11-2-3-12(13(10-11)22(15,20)21)16-4-1-5-17(6-8-18)7-9-19/h2-3,10,16,18-19H,1,4-9,14H2,(H2,15,20,21). The van der Waals surface area contributed by atoms with Crippen LogP contribution < -0.4 is 16.2 Å². The van der Waals surface area contributed by atoms with Gasteiger partial charge in [0.15, 0.2) is 0 Å². The Morgan fingerprint density at radius 2 is 1.77 bits per heavy atom. The van der Waals surface area contributed by atoms with Crippen LogP contribution in [0, 0.1) is 0 Å². The van der Waals surface area contributed by atoms with Crippen LogP contribution >= 0.6 is 0 Å². The van der Waals surface area contributed by atoms with E-state index in [2.05, 4.69) is 5.32 Å². The second-order valence-electron chi connectivity index (χ2n) is 4.87. The molecular formula is C13H24N4O4S. The first-order valence-electron chi connectivity index (χ1n) is 6.98. The Balaban J connectivity index is 2.58. The molecule has 9 heteroatoms. The van der Waals surface area contributed by atoms with Crippen LogP contribution in [0.15, 0.2) is 23.1 Å². The van der Waals surface area contributed by atoms with Gasteiger partial charge in [0.1, 0.15) is 4.90 Å². The highest BCUT2D eigenvalue weighted by Crippen LogP contribution is 2.22. The zero-order valence-electron chi connectivity index (χ0n) is 12.4. The van der Waals surface area contributed by atoms with Gasteiger partial charge in [-0.15, -0.1) is 0 Å². The minimum atomic E-state index is -3.85. The third kappa shape index (κ3) is 6.16. The predicted octanol–water partition coefficient (Wildman–Crippen LogP) is -0.995. The van der Waals surface area contributed by atoms with Gasteiger partial charge >= 0.3 is 0 Å². The largest absolute Gasteiger partial charge is 0.399 e. The van der Waals surface area contributed by atoms with Gasteiger partial charge in [0.2, 0.25) is 10.0 Å². The molecule has 0 heterocycles. The summed E-state index contributed by atoms with van der Waals surface area (Å²) >= 11 is 0. The highest BCUT2D eigenvalue weighted by Gasteiger charge is 2.14. The van der Waals surface area contributed by atoms with E-state index in [0.29, 0.717) is 44.0 Å². The molecule has 0 fully saturated rings. The topological polar surface area (TPSA) is 142 Å². The monoisotopic (exact) mass is 332 g/mol. The maximum atomic E-state index is 11.5. The molecule has 1 aromatic carbocycles. The molecule has 22 heavy (non-hydrogen) atoms. The number of benzene rings is 1. The number of hydrogen-bond acceptors (Lipinski definition) is 7. The molecule has 0 saturated carbocycles. The van der Waals surface area contributed by atoms with Gasteiger partial charge in [-0.3, -0.25) is 4.90 Å². The molecule has 0 saturated heterocycles. The summed E-state index contributed by atoms with van der Waals surface area (Å²) in [7, 11) is -3.85. The van der Waals surface area contributed by atoms with Crippen LogP contribution in [0.5, 0.6) is 0 Å². The Kier molecular flexibility index (Phi) is 7.56. The third-order valence-corrected chi connectivity index (χ3v) is 4.06. The second kappa shape index (κ2) is 8.91. The first-order chi connectivity index (χ1) is 10.4. The highest BCUT2D eigenvalue weighted by atomic mass is 32.2. The molecule has 0 amide bonds. The van der Waals surface area contributed by atoms with Gasteiger partial charge in [0, 0.05) is 25.3 Å². The van der Waals surface area contributed by atoms with E-state index < -0.39 is 10.0 Å². The molecule has 7 N–H and O–H groups in total. The number of nitrogens with zero attached hydrogens (tertiary/aromatic N) is 1. The highest BCUT2D eigenvalue weighted by molar-refractivity contribution is 7.89. The molecule has 126 valence electrons. The van der Waals surface area contributed by atoms with Crippen molar-refractivity contribution in [2.24, 2.45) is 5.14 Å². The zero-order valence-corrected chi connectivity index (χ0v) is 13.2. The van der Waals surface area contributed by atoms with E-state index in [-0.39, 0.29) is 18.1 Å². The molecule has 1 aromatic rings. The maximum Gasteiger partial charge on any atom is 0.240 e. The lowest BCUT2D eigenvalue weighted by Gasteiger charge is -2.20. The molecular weight excluding hydrogens is 308 g/mol. The Hall–Kier alpha value is -1.39. The minimum Gasteiger partial charge on any atom is -0.399 e. The van der Waals surface area contributed by atoms with E-state index in [1.165, 1.54) is 6.07 Å². The summed E-state index contributed by atoms with van der Waals surface area (Å²) in [5, 5.41) is 26.0.